The lowest BCUT2D eigenvalue weighted by Crippen LogP contribution is -2.37. The maximum absolute atomic E-state index is 12.2. The van der Waals surface area contributed by atoms with Crippen LogP contribution in [-0.4, -0.2) is 30.6 Å². The molecule has 3 heterocycles. The summed E-state index contributed by atoms with van der Waals surface area (Å²) >= 11 is 0. The van der Waals surface area contributed by atoms with E-state index in [0.717, 1.165) is 10.1 Å². The molecule has 0 radical (unpaired) electrons. The highest BCUT2D eigenvalue weighted by Crippen LogP contribution is 2.17. The average molecular weight is 356 g/mol. The van der Waals surface area contributed by atoms with Gasteiger partial charge in [0, 0.05) is 36.8 Å². The van der Waals surface area contributed by atoms with Crippen LogP contribution < -0.4 is 16.6 Å². The molecule has 0 aliphatic rings. The van der Waals surface area contributed by atoms with Gasteiger partial charge in [0.25, 0.3) is 5.56 Å². The van der Waals surface area contributed by atoms with Gasteiger partial charge in [-0.2, -0.15) is 4.98 Å². The summed E-state index contributed by atoms with van der Waals surface area (Å²) in [5.41, 5.74) is -0.138. The van der Waals surface area contributed by atoms with E-state index in [9.17, 15) is 14.4 Å². The fourth-order valence-electron chi connectivity index (χ4n) is 2.30. The molecule has 0 aromatic carbocycles. The fraction of sp³-hybridized carbons (Fsp3) is 0.250. The van der Waals surface area contributed by atoms with Gasteiger partial charge in [0.15, 0.2) is 0 Å². The van der Waals surface area contributed by atoms with Gasteiger partial charge in [0.1, 0.15) is 6.04 Å². The molecule has 0 aliphatic heterocycles. The van der Waals surface area contributed by atoms with Crippen LogP contribution in [0.2, 0.25) is 0 Å². The van der Waals surface area contributed by atoms with Crippen molar-refractivity contribution < 1.29 is 9.32 Å². The molecule has 1 unspecified atom stereocenters. The number of pyridine rings is 1. The number of carbonyl (C=O) groups is 1. The van der Waals surface area contributed by atoms with Crippen LogP contribution in [0.1, 0.15) is 24.4 Å². The molecule has 10 nitrogen and oxygen atoms in total. The predicted molar refractivity (Wildman–Crippen MR) is 90.1 cm³/mol. The summed E-state index contributed by atoms with van der Waals surface area (Å²) in [5, 5.41) is 6.56. The van der Waals surface area contributed by atoms with Gasteiger partial charge in [0.2, 0.25) is 17.6 Å². The smallest absolute Gasteiger partial charge is 0.328 e. The Kier molecular flexibility index (Phi) is 4.74. The van der Waals surface area contributed by atoms with Crippen LogP contribution >= 0.6 is 0 Å². The van der Waals surface area contributed by atoms with E-state index < -0.39 is 23.2 Å². The van der Waals surface area contributed by atoms with Crippen molar-refractivity contribution in [3.8, 4) is 11.4 Å². The molecule has 3 aromatic rings. The van der Waals surface area contributed by atoms with Crippen LogP contribution in [0.5, 0.6) is 0 Å². The number of rotatable bonds is 5. The Balaban J connectivity index is 1.69. The number of amides is 1. The molecule has 26 heavy (non-hydrogen) atoms. The second kappa shape index (κ2) is 7.13. The van der Waals surface area contributed by atoms with Crippen molar-refractivity contribution in [3.05, 3.63) is 63.0 Å². The SMILES string of the molecule is CC(NC(=O)Cc1c[nH]c(=O)n(C)c1=O)c1nc(-c2ccncc2)no1. The first-order valence-corrected chi connectivity index (χ1v) is 7.76. The maximum Gasteiger partial charge on any atom is 0.328 e. The molecular weight excluding hydrogens is 340 g/mol. The van der Waals surface area contributed by atoms with Crippen LogP contribution in [0.4, 0.5) is 0 Å². The molecule has 0 saturated heterocycles. The second-order valence-electron chi connectivity index (χ2n) is 5.64. The summed E-state index contributed by atoms with van der Waals surface area (Å²) in [7, 11) is 1.34. The Labute approximate surface area is 146 Å². The summed E-state index contributed by atoms with van der Waals surface area (Å²) in [6, 6.07) is 2.94. The van der Waals surface area contributed by atoms with Gasteiger partial charge in [-0.3, -0.25) is 19.1 Å². The van der Waals surface area contributed by atoms with Gasteiger partial charge in [-0.1, -0.05) is 5.16 Å². The van der Waals surface area contributed by atoms with Crippen molar-refractivity contribution in [1.29, 1.82) is 0 Å². The summed E-state index contributed by atoms with van der Waals surface area (Å²) in [6.45, 7) is 1.69. The van der Waals surface area contributed by atoms with Crippen LogP contribution in [0.15, 0.2) is 44.8 Å². The van der Waals surface area contributed by atoms with Crippen molar-refractivity contribution in [2.24, 2.45) is 7.05 Å². The third kappa shape index (κ3) is 3.58. The van der Waals surface area contributed by atoms with Gasteiger partial charge in [-0.25, -0.2) is 4.79 Å². The van der Waals surface area contributed by atoms with Crippen molar-refractivity contribution in [1.82, 2.24) is 30.0 Å². The Morgan fingerprint density at radius 2 is 2.08 bits per heavy atom. The fourth-order valence-corrected chi connectivity index (χ4v) is 2.30. The predicted octanol–water partition coefficient (Wildman–Crippen LogP) is -0.0615. The Morgan fingerprint density at radius 3 is 2.81 bits per heavy atom. The quantitative estimate of drug-likeness (QED) is 0.653. The lowest BCUT2D eigenvalue weighted by atomic mass is 10.2. The number of hydrogen-bond donors (Lipinski definition) is 2. The highest BCUT2D eigenvalue weighted by molar-refractivity contribution is 5.78. The molecule has 134 valence electrons. The third-order valence-electron chi connectivity index (χ3n) is 3.73. The molecule has 0 aliphatic carbocycles. The minimum absolute atomic E-state index is 0.180. The van der Waals surface area contributed by atoms with Crippen molar-refractivity contribution in [2.75, 3.05) is 0 Å². The molecule has 0 bridgehead atoms. The summed E-state index contributed by atoms with van der Waals surface area (Å²) < 4.78 is 6.09. The molecular formula is C16H16N6O4. The van der Waals surface area contributed by atoms with Crippen LogP contribution in [0, 0.1) is 0 Å². The second-order valence-corrected chi connectivity index (χ2v) is 5.64. The average Bonchev–Trinajstić information content (AvgIpc) is 3.13. The van der Waals surface area contributed by atoms with E-state index in [1.54, 1.807) is 31.5 Å². The number of nitrogens with one attached hydrogen (secondary N) is 2. The molecule has 2 N–H and O–H groups in total. The van der Waals surface area contributed by atoms with Gasteiger partial charge in [0.05, 0.1) is 6.42 Å². The van der Waals surface area contributed by atoms with Crippen molar-refractivity contribution >= 4 is 5.91 Å². The molecule has 3 aromatic heterocycles. The van der Waals surface area contributed by atoms with Crippen molar-refractivity contribution in [2.45, 2.75) is 19.4 Å². The number of H-pyrrole nitrogens is 1. The lowest BCUT2D eigenvalue weighted by Gasteiger charge is -2.09. The van der Waals surface area contributed by atoms with E-state index in [-0.39, 0.29) is 17.9 Å². The van der Waals surface area contributed by atoms with Crippen LogP contribution in [0.25, 0.3) is 11.4 Å². The van der Waals surface area contributed by atoms with Gasteiger partial charge in [-0.15, -0.1) is 0 Å². The first-order valence-electron chi connectivity index (χ1n) is 7.76. The standard InChI is InChI=1S/C16H16N6O4/c1-9(14-20-13(21-26-14)10-3-5-17-6-4-10)19-12(23)7-11-8-18-16(25)22(2)15(11)24/h3-6,8-9H,7H2,1-2H3,(H,18,25)(H,19,23). The number of nitrogens with zero attached hydrogens (tertiary/aromatic N) is 4. The first kappa shape index (κ1) is 17.3. The molecule has 3 rings (SSSR count). The summed E-state index contributed by atoms with van der Waals surface area (Å²) in [4.78, 5) is 46.0. The van der Waals surface area contributed by atoms with Crippen molar-refractivity contribution in [3.63, 3.8) is 0 Å². The van der Waals surface area contributed by atoms with E-state index in [4.69, 9.17) is 4.52 Å². The minimum atomic E-state index is -0.544. The largest absolute Gasteiger partial charge is 0.344 e. The van der Waals surface area contributed by atoms with Gasteiger partial charge >= 0.3 is 5.69 Å². The van der Waals surface area contributed by atoms with E-state index in [1.165, 1.54) is 13.2 Å². The van der Waals surface area contributed by atoms with E-state index in [0.29, 0.717) is 5.82 Å². The Bertz CT molecular complexity index is 1040. The zero-order valence-electron chi connectivity index (χ0n) is 14.1. The van der Waals surface area contributed by atoms with E-state index >= 15 is 0 Å². The highest BCUT2D eigenvalue weighted by Gasteiger charge is 2.18. The Hall–Kier alpha value is -3.56. The third-order valence-corrected chi connectivity index (χ3v) is 3.73. The normalized spacial score (nSPS) is 11.9. The van der Waals surface area contributed by atoms with E-state index in [2.05, 4.69) is 25.4 Å². The first-order chi connectivity index (χ1) is 12.5. The molecule has 10 heteroatoms. The topological polar surface area (TPSA) is 136 Å². The number of hydrogen-bond acceptors (Lipinski definition) is 7. The zero-order chi connectivity index (χ0) is 18.7. The molecule has 0 fully saturated rings. The monoisotopic (exact) mass is 356 g/mol. The minimum Gasteiger partial charge on any atom is -0.344 e. The zero-order valence-corrected chi connectivity index (χ0v) is 14.1. The van der Waals surface area contributed by atoms with E-state index in [1.807, 2.05) is 0 Å². The maximum atomic E-state index is 12.2. The van der Waals surface area contributed by atoms with Gasteiger partial charge in [-0.05, 0) is 19.1 Å². The summed E-state index contributed by atoms with van der Waals surface area (Å²) in [6.07, 6.45) is 4.28. The highest BCUT2D eigenvalue weighted by atomic mass is 16.5. The number of carbonyl (C=O) groups excluding carboxylic acids is 1. The molecule has 1 atom stereocenters. The number of aromatic amines is 1. The summed E-state index contributed by atoms with van der Waals surface area (Å²) in [5.74, 6) is 0.211. The molecule has 0 spiro atoms. The lowest BCUT2D eigenvalue weighted by molar-refractivity contribution is -0.121. The number of aromatic nitrogens is 5. The van der Waals surface area contributed by atoms with Crippen LogP contribution in [-0.2, 0) is 18.3 Å². The Morgan fingerprint density at radius 1 is 1.35 bits per heavy atom. The molecule has 1 amide bonds. The molecule has 0 saturated carbocycles. The van der Waals surface area contributed by atoms with Gasteiger partial charge < -0.3 is 14.8 Å². The van der Waals surface area contributed by atoms with Crippen LogP contribution in [0.3, 0.4) is 0 Å².